The molecule has 1 aromatic heterocycles. The number of hydrogen-bond donors (Lipinski definition) is 2. The molecule has 144 valence electrons. The third kappa shape index (κ3) is 5.64. The van der Waals surface area contributed by atoms with Crippen LogP contribution in [0.1, 0.15) is 39.4 Å². The maximum atomic E-state index is 12.6. The van der Waals surface area contributed by atoms with Gasteiger partial charge >= 0.3 is 0 Å². The Morgan fingerprint density at radius 3 is 2.36 bits per heavy atom. The van der Waals surface area contributed by atoms with Crippen LogP contribution in [0, 0.1) is 20.8 Å². The molecule has 28 heavy (non-hydrogen) atoms. The summed E-state index contributed by atoms with van der Waals surface area (Å²) in [6.45, 7) is 6.59. The number of carbonyl (C=O) groups excluding carboxylic acids is 1. The van der Waals surface area contributed by atoms with E-state index in [9.17, 15) is 4.79 Å². The van der Waals surface area contributed by atoms with Gasteiger partial charge in [-0.25, -0.2) is 9.97 Å². The molecule has 5 nitrogen and oxygen atoms in total. The van der Waals surface area contributed by atoms with Crippen molar-refractivity contribution >= 4 is 17.4 Å². The van der Waals surface area contributed by atoms with Gasteiger partial charge in [-0.15, -0.1) is 0 Å². The molecule has 1 amide bonds. The van der Waals surface area contributed by atoms with Gasteiger partial charge in [-0.2, -0.15) is 0 Å². The molecule has 0 fully saturated rings. The van der Waals surface area contributed by atoms with Crippen LogP contribution >= 0.6 is 0 Å². The minimum Gasteiger partial charge on any atom is -0.370 e. The van der Waals surface area contributed by atoms with Gasteiger partial charge in [0.15, 0.2) is 0 Å². The quantitative estimate of drug-likeness (QED) is 0.588. The van der Waals surface area contributed by atoms with Crippen LogP contribution in [0.15, 0.2) is 54.6 Å². The molecule has 3 aromatic rings. The largest absolute Gasteiger partial charge is 0.370 e. The molecule has 0 bridgehead atoms. The van der Waals surface area contributed by atoms with Crippen LogP contribution in [0.3, 0.4) is 0 Å². The van der Waals surface area contributed by atoms with Gasteiger partial charge in [-0.3, -0.25) is 4.79 Å². The van der Waals surface area contributed by atoms with Gasteiger partial charge in [0.2, 0.25) is 0 Å². The predicted molar refractivity (Wildman–Crippen MR) is 114 cm³/mol. The van der Waals surface area contributed by atoms with Crippen LogP contribution in [0.5, 0.6) is 0 Å². The number of rotatable bonds is 7. The summed E-state index contributed by atoms with van der Waals surface area (Å²) in [5.41, 5.74) is 4.66. The van der Waals surface area contributed by atoms with Crippen molar-refractivity contribution < 1.29 is 4.79 Å². The highest BCUT2D eigenvalue weighted by atomic mass is 16.1. The highest BCUT2D eigenvalue weighted by molar-refractivity contribution is 6.03. The van der Waals surface area contributed by atoms with Crippen molar-refractivity contribution in [2.24, 2.45) is 0 Å². The van der Waals surface area contributed by atoms with E-state index in [0.717, 1.165) is 36.2 Å². The van der Waals surface area contributed by atoms with Crippen molar-refractivity contribution in [3.63, 3.8) is 0 Å². The lowest BCUT2D eigenvalue weighted by Gasteiger charge is -2.10. The Morgan fingerprint density at radius 1 is 0.929 bits per heavy atom. The third-order valence-corrected chi connectivity index (χ3v) is 4.34. The first kappa shape index (κ1) is 19.5. The second-order valence-corrected chi connectivity index (χ2v) is 7.03. The number of carbonyl (C=O) groups is 1. The molecule has 0 aliphatic carbocycles. The predicted octanol–water partition coefficient (Wildman–Crippen LogP) is 4.70. The molecule has 0 unspecified atom stereocenters. The lowest BCUT2D eigenvalue weighted by Crippen LogP contribution is -2.16. The molecular weight excluding hydrogens is 348 g/mol. The van der Waals surface area contributed by atoms with Crippen LogP contribution in [-0.2, 0) is 6.42 Å². The van der Waals surface area contributed by atoms with E-state index in [4.69, 9.17) is 0 Å². The van der Waals surface area contributed by atoms with Gasteiger partial charge in [0.25, 0.3) is 5.91 Å². The van der Waals surface area contributed by atoms with Crippen molar-refractivity contribution in [2.75, 3.05) is 17.2 Å². The van der Waals surface area contributed by atoms with E-state index in [1.54, 1.807) is 13.0 Å². The zero-order valence-electron chi connectivity index (χ0n) is 16.6. The van der Waals surface area contributed by atoms with E-state index in [0.29, 0.717) is 17.3 Å². The molecule has 1 heterocycles. The highest BCUT2D eigenvalue weighted by Gasteiger charge is 2.11. The summed E-state index contributed by atoms with van der Waals surface area (Å²) in [5.74, 6) is 1.01. The van der Waals surface area contributed by atoms with Crippen molar-refractivity contribution in [3.05, 3.63) is 82.8 Å². The summed E-state index contributed by atoms with van der Waals surface area (Å²) in [6, 6.07) is 18.1. The number of nitrogens with zero attached hydrogens (tertiary/aromatic N) is 2. The number of amides is 1. The molecule has 3 rings (SSSR count). The van der Waals surface area contributed by atoms with Gasteiger partial charge in [0.1, 0.15) is 17.3 Å². The van der Waals surface area contributed by atoms with Gasteiger partial charge in [-0.1, -0.05) is 36.4 Å². The highest BCUT2D eigenvalue weighted by Crippen LogP contribution is 2.15. The zero-order valence-corrected chi connectivity index (χ0v) is 16.6. The summed E-state index contributed by atoms with van der Waals surface area (Å²) < 4.78 is 0. The number of nitrogens with one attached hydrogen (secondary N) is 2. The molecule has 2 N–H and O–H groups in total. The minimum atomic E-state index is -0.233. The lowest BCUT2D eigenvalue weighted by molar-refractivity contribution is 0.102. The van der Waals surface area contributed by atoms with E-state index in [1.807, 2.05) is 32.0 Å². The first-order valence-electron chi connectivity index (χ1n) is 9.53. The second-order valence-electron chi connectivity index (χ2n) is 7.03. The molecule has 0 saturated carbocycles. The monoisotopic (exact) mass is 374 g/mol. The van der Waals surface area contributed by atoms with Gasteiger partial charge in [0.05, 0.1) is 0 Å². The van der Waals surface area contributed by atoms with E-state index in [1.165, 1.54) is 5.56 Å². The lowest BCUT2D eigenvalue weighted by atomic mass is 10.1. The first-order chi connectivity index (χ1) is 13.5. The second kappa shape index (κ2) is 9.13. The molecule has 0 aliphatic heterocycles. The summed E-state index contributed by atoms with van der Waals surface area (Å²) in [5, 5.41) is 6.23. The Morgan fingerprint density at radius 2 is 1.64 bits per heavy atom. The van der Waals surface area contributed by atoms with E-state index < -0.39 is 0 Å². The van der Waals surface area contributed by atoms with Gasteiger partial charge in [-0.05, 0) is 62.4 Å². The van der Waals surface area contributed by atoms with Gasteiger partial charge in [0, 0.05) is 18.3 Å². The minimum absolute atomic E-state index is 0.233. The summed E-state index contributed by atoms with van der Waals surface area (Å²) in [6.07, 6.45) is 1.98. The molecule has 0 spiro atoms. The number of anilines is 2. The van der Waals surface area contributed by atoms with Crippen molar-refractivity contribution in [2.45, 2.75) is 33.6 Å². The Bertz CT molecular complexity index is 934. The Kier molecular flexibility index (Phi) is 6.37. The van der Waals surface area contributed by atoms with Crippen molar-refractivity contribution in [1.29, 1.82) is 0 Å². The average molecular weight is 374 g/mol. The molecular formula is C23H26N4O. The molecule has 5 heteroatoms. The smallest absolute Gasteiger partial charge is 0.274 e. The zero-order chi connectivity index (χ0) is 19.9. The van der Waals surface area contributed by atoms with Crippen LogP contribution in [0.2, 0.25) is 0 Å². The topological polar surface area (TPSA) is 66.9 Å². The normalized spacial score (nSPS) is 10.5. The Labute approximate surface area is 166 Å². The number of hydrogen-bond acceptors (Lipinski definition) is 4. The fraction of sp³-hybridized carbons (Fsp3) is 0.261. The van der Waals surface area contributed by atoms with Crippen LogP contribution < -0.4 is 10.6 Å². The fourth-order valence-corrected chi connectivity index (χ4v) is 3.17. The molecule has 2 aromatic carbocycles. The molecule has 0 aliphatic rings. The molecule has 0 radical (unpaired) electrons. The third-order valence-electron chi connectivity index (χ3n) is 4.34. The maximum Gasteiger partial charge on any atom is 0.274 e. The average Bonchev–Trinajstić information content (AvgIpc) is 2.65. The van der Waals surface area contributed by atoms with E-state index in [2.05, 4.69) is 50.9 Å². The number of aryl methyl sites for hydroxylation is 4. The Balaban J connectivity index is 1.61. The van der Waals surface area contributed by atoms with E-state index in [-0.39, 0.29) is 5.91 Å². The first-order valence-corrected chi connectivity index (χ1v) is 9.53. The SMILES string of the molecule is Cc1cc(C)cc(NC(=O)c2cc(NCCCc3ccccc3)nc(C)n2)c1. The van der Waals surface area contributed by atoms with Crippen LogP contribution in [-0.4, -0.2) is 22.4 Å². The standard InChI is InChI=1S/C23H26N4O/c1-16-12-17(2)14-20(13-16)27-23(28)21-15-22(26-18(3)25-21)24-11-7-10-19-8-5-4-6-9-19/h4-6,8-9,12-15H,7,10-11H2,1-3H3,(H,27,28)(H,24,25,26). The molecule has 0 atom stereocenters. The summed E-state index contributed by atoms with van der Waals surface area (Å²) in [4.78, 5) is 21.3. The molecule has 0 saturated heterocycles. The summed E-state index contributed by atoms with van der Waals surface area (Å²) in [7, 11) is 0. The van der Waals surface area contributed by atoms with Crippen LogP contribution in [0.4, 0.5) is 11.5 Å². The maximum absolute atomic E-state index is 12.6. The fourth-order valence-electron chi connectivity index (χ4n) is 3.17. The number of benzene rings is 2. The summed E-state index contributed by atoms with van der Waals surface area (Å²) >= 11 is 0. The van der Waals surface area contributed by atoms with Crippen molar-refractivity contribution in [3.8, 4) is 0 Å². The van der Waals surface area contributed by atoms with E-state index >= 15 is 0 Å². The Hall–Kier alpha value is -3.21. The van der Waals surface area contributed by atoms with Crippen molar-refractivity contribution in [1.82, 2.24) is 9.97 Å². The number of aromatic nitrogens is 2. The van der Waals surface area contributed by atoms with Crippen LogP contribution in [0.25, 0.3) is 0 Å². The van der Waals surface area contributed by atoms with Gasteiger partial charge < -0.3 is 10.6 Å².